The lowest BCUT2D eigenvalue weighted by Gasteiger charge is -2.10. The van der Waals surface area contributed by atoms with E-state index in [1.807, 2.05) is 37.0 Å². The van der Waals surface area contributed by atoms with Gasteiger partial charge in [0.05, 0.1) is 20.9 Å². The molecule has 21 heavy (non-hydrogen) atoms. The molecule has 6 heteroatoms. The maximum absolute atomic E-state index is 6.26. The third kappa shape index (κ3) is 3.78. The molecule has 0 amide bonds. The highest BCUT2D eigenvalue weighted by Crippen LogP contribution is 2.28. The van der Waals surface area contributed by atoms with Gasteiger partial charge in [-0.2, -0.15) is 5.10 Å². The maximum Gasteiger partial charge on any atom is 0.138 e. The number of aryl methyl sites for hydroxylation is 2. The maximum atomic E-state index is 6.26. The summed E-state index contributed by atoms with van der Waals surface area (Å²) in [4.78, 5) is 0. The molecule has 1 aromatic carbocycles. The molecule has 0 aliphatic rings. The molecule has 0 aliphatic heterocycles. The lowest BCUT2D eigenvalue weighted by molar-refractivity contribution is 0.294. The number of hydrogen-bond acceptors (Lipinski definition) is 3. The minimum atomic E-state index is 0.426. The van der Waals surface area contributed by atoms with E-state index in [0.717, 1.165) is 34.4 Å². The van der Waals surface area contributed by atoms with Crippen LogP contribution in [-0.4, -0.2) is 16.8 Å². The van der Waals surface area contributed by atoms with Gasteiger partial charge in [0.15, 0.2) is 0 Å². The van der Waals surface area contributed by atoms with Crippen LogP contribution in [0, 0.1) is 0 Å². The topological polar surface area (TPSA) is 39.1 Å². The molecule has 0 spiro atoms. The molecular formula is C15H19BrClN3O. The van der Waals surface area contributed by atoms with Crippen molar-refractivity contribution in [2.75, 3.05) is 7.05 Å². The van der Waals surface area contributed by atoms with Gasteiger partial charge >= 0.3 is 0 Å². The van der Waals surface area contributed by atoms with Gasteiger partial charge < -0.3 is 10.1 Å². The zero-order valence-electron chi connectivity index (χ0n) is 12.4. The fraction of sp³-hybridized carbons (Fsp3) is 0.400. The molecular weight excluding hydrogens is 354 g/mol. The lowest BCUT2D eigenvalue weighted by Crippen LogP contribution is -2.06. The van der Waals surface area contributed by atoms with Crippen molar-refractivity contribution in [2.24, 2.45) is 7.05 Å². The Hall–Kier alpha value is -1.04. The van der Waals surface area contributed by atoms with E-state index in [0.29, 0.717) is 17.4 Å². The zero-order chi connectivity index (χ0) is 15.4. The Balaban J connectivity index is 2.11. The van der Waals surface area contributed by atoms with Crippen molar-refractivity contribution in [3.8, 4) is 5.75 Å². The molecule has 0 unspecified atom stereocenters. The molecule has 0 fully saturated rings. The van der Waals surface area contributed by atoms with Crippen molar-refractivity contribution >= 4 is 27.5 Å². The molecule has 0 bridgehead atoms. The summed E-state index contributed by atoms with van der Waals surface area (Å²) in [5.41, 5.74) is 3.17. The average molecular weight is 373 g/mol. The summed E-state index contributed by atoms with van der Waals surface area (Å²) in [7, 11) is 3.82. The van der Waals surface area contributed by atoms with Crippen molar-refractivity contribution in [1.29, 1.82) is 0 Å². The van der Waals surface area contributed by atoms with Gasteiger partial charge in [0.2, 0.25) is 0 Å². The number of ether oxygens (including phenoxy) is 1. The summed E-state index contributed by atoms with van der Waals surface area (Å²) in [5.74, 6) is 0.683. The van der Waals surface area contributed by atoms with Gasteiger partial charge in [-0.1, -0.05) is 24.6 Å². The van der Waals surface area contributed by atoms with E-state index in [-0.39, 0.29) is 0 Å². The first-order valence-corrected chi connectivity index (χ1v) is 8.00. The molecule has 0 radical (unpaired) electrons. The number of benzene rings is 1. The Morgan fingerprint density at radius 2 is 2.19 bits per heavy atom. The Kier molecular flexibility index (Phi) is 5.67. The van der Waals surface area contributed by atoms with Gasteiger partial charge in [-0.3, -0.25) is 4.68 Å². The van der Waals surface area contributed by atoms with E-state index in [1.165, 1.54) is 0 Å². The summed E-state index contributed by atoms with van der Waals surface area (Å²) >= 11 is 9.84. The van der Waals surface area contributed by atoms with Crippen molar-refractivity contribution in [3.63, 3.8) is 0 Å². The van der Waals surface area contributed by atoms with E-state index in [9.17, 15) is 0 Å². The van der Waals surface area contributed by atoms with Crippen molar-refractivity contribution in [2.45, 2.75) is 26.5 Å². The normalized spacial score (nSPS) is 10.9. The standard InChI is InChI=1S/C15H19BrClN3O/c1-4-12-15(16)13(20(3)19-12)9-21-14-6-5-10(8-18-2)7-11(14)17/h5-7,18H,4,8-9H2,1-3H3. The molecule has 0 atom stereocenters. The minimum absolute atomic E-state index is 0.426. The number of nitrogens with one attached hydrogen (secondary N) is 1. The Labute approximate surface area is 138 Å². The average Bonchev–Trinajstić information content (AvgIpc) is 2.73. The van der Waals surface area contributed by atoms with Crippen molar-refractivity contribution in [1.82, 2.24) is 15.1 Å². The summed E-state index contributed by atoms with van der Waals surface area (Å²) in [6.07, 6.45) is 0.883. The van der Waals surface area contributed by atoms with E-state index >= 15 is 0 Å². The molecule has 2 rings (SSSR count). The zero-order valence-corrected chi connectivity index (χ0v) is 14.8. The molecule has 1 N–H and O–H groups in total. The fourth-order valence-corrected chi connectivity index (χ4v) is 3.09. The van der Waals surface area contributed by atoms with Crippen molar-refractivity contribution < 1.29 is 4.74 Å². The molecule has 114 valence electrons. The number of nitrogens with zero attached hydrogens (tertiary/aromatic N) is 2. The van der Waals surface area contributed by atoms with Gasteiger partial charge in [-0.05, 0) is 47.1 Å². The predicted octanol–water partition coefficient (Wildman–Crippen LogP) is 3.70. The second-order valence-electron chi connectivity index (χ2n) is 4.77. The van der Waals surface area contributed by atoms with Crippen LogP contribution in [0.2, 0.25) is 5.02 Å². The highest BCUT2D eigenvalue weighted by atomic mass is 79.9. The summed E-state index contributed by atoms with van der Waals surface area (Å²) in [5, 5.41) is 8.17. The molecule has 2 aromatic rings. The second kappa shape index (κ2) is 7.29. The largest absolute Gasteiger partial charge is 0.486 e. The van der Waals surface area contributed by atoms with Crippen LogP contribution in [0.15, 0.2) is 22.7 Å². The van der Waals surface area contributed by atoms with Gasteiger partial charge in [-0.15, -0.1) is 0 Å². The number of hydrogen-bond donors (Lipinski definition) is 1. The van der Waals surface area contributed by atoms with E-state index in [2.05, 4.69) is 33.3 Å². The van der Waals surface area contributed by atoms with Crippen LogP contribution < -0.4 is 10.1 Å². The van der Waals surface area contributed by atoms with Crippen LogP contribution in [0.1, 0.15) is 23.9 Å². The van der Waals surface area contributed by atoms with Crippen LogP contribution in [0.25, 0.3) is 0 Å². The van der Waals surface area contributed by atoms with Crippen LogP contribution >= 0.6 is 27.5 Å². The van der Waals surface area contributed by atoms with E-state index in [1.54, 1.807) is 0 Å². The summed E-state index contributed by atoms with van der Waals surface area (Å²) in [6.45, 7) is 3.29. The van der Waals surface area contributed by atoms with E-state index < -0.39 is 0 Å². The highest BCUT2D eigenvalue weighted by Gasteiger charge is 2.13. The third-order valence-electron chi connectivity index (χ3n) is 3.24. The van der Waals surface area contributed by atoms with Crippen LogP contribution in [0.3, 0.4) is 0 Å². The molecule has 1 heterocycles. The SMILES string of the molecule is CCc1nn(C)c(COc2ccc(CNC)cc2Cl)c1Br. The molecule has 0 aliphatic carbocycles. The molecule has 4 nitrogen and oxygen atoms in total. The van der Waals surface area contributed by atoms with Gasteiger partial charge in [0.1, 0.15) is 12.4 Å². The van der Waals surface area contributed by atoms with Crippen LogP contribution in [0.5, 0.6) is 5.75 Å². The third-order valence-corrected chi connectivity index (χ3v) is 4.46. The van der Waals surface area contributed by atoms with Gasteiger partial charge in [0, 0.05) is 13.6 Å². The Morgan fingerprint density at radius 1 is 1.43 bits per heavy atom. The Bertz CT molecular complexity index is 628. The highest BCUT2D eigenvalue weighted by molar-refractivity contribution is 9.10. The van der Waals surface area contributed by atoms with Gasteiger partial charge in [-0.25, -0.2) is 0 Å². The molecule has 1 aromatic heterocycles. The first-order valence-electron chi connectivity index (χ1n) is 6.82. The fourth-order valence-electron chi connectivity index (χ4n) is 2.10. The Morgan fingerprint density at radius 3 is 2.76 bits per heavy atom. The number of halogens is 2. The van der Waals surface area contributed by atoms with Gasteiger partial charge in [0.25, 0.3) is 0 Å². The predicted molar refractivity (Wildman–Crippen MR) is 88.8 cm³/mol. The van der Waals surface area contributed by atoms with Crippen LogP contribution in [0.4, 0.5) is 0 Å². The summed E-state index contributed by atoms with van der Waals surface area (Å²) in [6, 6.07) is 5.83. The minimum Gasteiger partial charge on any atom is -0.486 e. The first-order chi connectivity index (χ1) is 10.1. The summed E-state index contributed by atoms with van der Waals surface area (Å²) < 4.78 is 8.68. The quantitative estimate of drug-likeness (QED) is 0.840. The number of rotatable bonds is 6. The first kappa shape index (κ1) is 16.3. The van der Waals surface area contributed by atoms with Crippen LogP contribution in [-0.2, 0) is 26.6 Å². The monoisotopic (exact) mass is 371 g/mol. The van der Waals surface area contributed by atoms with E-state index in [4.69, 9.17) is 16.3 Å². The lowest BCUT2D eigenvalue weighted by atomic mass is 10.2. The second-order valence-corrected chi connectivity index (χ2v) is 5.97. The number of aromatic nitrogens is 2. The molecule has 0 saturated carbocycles. The molecule has 0 saturated heterocycles. The smallest absolute Gasteiger partial charge is 0.138 e. The van der Waals surface area contributed by atoms with Crippen molar-refractivity contribution in [3.05, 3.63) is 44.6 Å².